The third-order valence-electron chi connectivity index (χ3n) is 4.38. The number of nitrogens with zero attached hydrogens (tertiary/aromatic N) is 4. The van der Waals surface area contributed by atoms with Gasteiger partial charge in [0.15, 0.2) is 17.3 Å². The van der Waals surface area contributed by atoms with Crippen LogP contribution in [-0.2, 0) is 12.7 Å². The standard InChI is InChI=1S/C20H18F3N5S/c1-2-9-24-18-16-19(27-17(26-18)15-4-3-10-29-15)28(12-25-16)11-13-5-7-14(8-6-13)20(21,22)23/h3-8,10,12H,2,9,11H2,1H3,(H,24,26,27). The minimum absolute atomic E-state index is 0.364. The van der Waals surface area contributed by atoms with Gasteiger partial charge >= 0.3 is 6.18 Å². The molecule has 0 fully saturated rings. The van der Waals surface area contributed by atoms with Crippen LogP contribution < -0.4 is 5.32 Å². The number of anilines is 1. The Kier molecular flexibility index (Phi) is 5.23. The summed E-state index contributed by atoms with van der Waals surface area (Å²) in [5, 5.41) is 5.25. The molecule has 0 unspecified atom stereocenters. The average molecular weight is 417 g/mol. The van der Waals surface area contributed by atoms with Crippen molar-refractivity contribution in [1.29, 1.82) is 0 Å². The van der Waals surface area contributed by atoms with E-state index in [1.165, 1.54) is 12.1 Å². The summed E-state index contributed by atoms with van der Waals surface area (Å²) < 4.78 is 40.2. The molecule has 4 rings (SSSR count). The Morgan fingerprint density at radius 3 is 2.55 bits per heavy atom. The van der Waals surface area contributed by atoms with Crippen LogP contribution in [0.1, 0.15) is 24.5 Å². The van der Waals surface area contributed by atoms with E-state index in [4.69, 9.17) is 0 Å². The molecule has 0 saturated heterocycles. The molecule has 1 aromatic carbocycles. The summed E-state index contributed by atoms with van der Waals surface area (Å²) in [6.45, 7) is 3.18. The number of imidazole rings is 1. The van der Waals surface area contributed by atoms with E-state index in [1.54, 1.807) is 17.7 Å². The molecule has 0 aliphatic heterocycles. The van der Waals surface area contributed by atoms with E-state index in [0.717, 1.165) is 35.5 Å². The summed E-state index contributed by atoms with van der Waals surface area (Å²) >= 11 is 1.54. The molecule has 4 aromatic rings. The van der Waals surface area contributed by atoms with Crippen LogP contribution in [0, 0.1) is 0 Å². The largest absolute Gasteiger partial charge is 0.416 e. The maximum Gasteiger partial charge on any atom is 0.416 e. The van der Waals surface area contributed by atoms with Gasteiger partial charge in [-0.3, -0.25) is 0 Å². The van der Waals surface area contributed by atoms with Gasteiger partial charge in [0.05, 0.1) is 23.3 Å². The summed E-state index contributed by atoms with van der Waals surface area (Å²) in [6.07, 6.45) is -1.76. The Balaban J connectivity index is 1.72. The van der Waals surface area contributed by atoms with Gasteiger partial charge in [0.2, 0.25) is 0 Å². The number of benzene rings is 1. The molecule has 0 radical (unpaired) electrons. The highest BCUT2D eigenvalue weighted by Crippen LogP contribution is 2.30. The first-order valence-corrected chi connectivity index (χ1v) is 10.0. The maximum atomic E-state index is 12.8. The highest BCUT2D eigenvalue weighted by molar-refractivity contribution is 7.13. The van der Waals surface area contributed by atoms with Crippen molar-refractivity contribution in [2.24, 2.45) is 0 Å². The number of rotatable bonds is 6. The van der Waals surface area contributed by atoms with E-state index in [0.29, 0.717) is 29.4 Å². The Bertz CT molecular complexity index is 1100. The van der Waals surface area contributed by atoms with E-state index in [2.05, 4.69) is 27.2 Å². The Hall–Kier alpha value is -2.94. The monoisotopic (exact) mass is 417 g/mol. The third-order valence-corrected chi connectivity index (χ3v) is 5.25. The first-order valence-electron chi connectivity index (χ1n) is 9.12. The number of halogens is 3. The topological polar surface area (TPSA) is 55.6 Å². The molecule has 0 bridgehead atoms. The Morgan fingerprint density at radius 2 is 1.90 bits per heavy atom. The van der Waals surface area contributed by atoms with Gasteiger partial charge in [0, 0.05) is 6.54 Å². The lowest BCUT2D eigenvalue weighted by Gasteiger charge is -2.10. The van der Waals surface area contributed by atoms with Gasteiger partial charge < -0.3 is 9.88 Å². The van der Waals surface area contributed by atoms with Crippen molar-refractivity contribution < 1.29 is 13.2 Å². The number of aromatic nitrogens is 4. The summed E-state index contributed by atoms with van der Waals surface area (Å²) in [5.74, 6) is 1.26. The first kappa shape index (κ1) is 19.4. The molecule has 3 aromatic heterocycles. The smallest absolute Gasteiger partial charge is 0.368 e. The summed E-state index contributed by atoms with van der Waals surface area (Å²) in [4.78, 5) is 14.7. The van der Waals surface area contributed by atoms with Crippen LogP contribution in [-0.4, -0.2) is 26.1 Å². The molecule has 0 aliphatic carbocycles. The number of hydrogen-bond acceptors (Lipinski definition) is 5. The van der Waals surface area contributed by atoms with Gasteiger partial charge in [0.25, 0.3) is 0 Å². The van der Waals surface area contributed by atoms with Crippen molar-refractivity contribution in [1.82, 2.24) is 19.5 Å². The van der Waals surface area contributed by atoms with E-state index in [-0.39, 0.29) is 0 Å². The second kappa shape index (κ2) is 7.82. The fourth-order valence-corrected chi connectivity index (χ4v) is 3.60. The van der Waals surface area contributed by atoms with E-state index < -0.39 is 11.7 Å². The van der Waals surface area contributed by atoms with Crippen LogP contribution in [0.3, 0.4) is 0 Å². The van der Waals surface area contributed by atoms with Crippen molar-refractivity contribution in [2.75, 3.05) is 11.9 Å². The van der Waals surface area contributed by atoms with E-state index in [1.807, 2.05) is 22.1 Å². The van der Waals surface area contributed by atoms with Crippen LogP contribution in [0.5, 0.6) is 0 Å². The van der Waals surface area contributed by atoms with Crippen molar-refractivity contribution in [2.45, 2.75) is 26.1 Å². The molecule has 29 heavy (non-hydrogen) atoms. The SMILES string of the molecule is CCCNc1nc(-c2cccs2)nc2c1ncn2Cc1ccc(C(F)(F)F)cc1. The summed E-state index contributed by atoms with van der Waals surface area (Å²) in [7, 11) is 0. The highest BCUT2D eigenvalue weighted by Gasteiger charge is 2.29. The Morgan fingerprint density at radius 1 is 1.10 bits per heavy atom. The van der Waals surface area contributed by atoms with Crippen LogP contribution in [0.2, 0.25) is 0 Å². The van der Waals surface area contributed by atoms with Crippen LogP contribution in [0.25, 0.3) is 21.9 Å². The van der Waals surface area contributed by atoms with Gasteiger partial charge in [0.1, 0.15) is 5.52 Å². The van der Waals surface area contributed by atoms with E-state index in [9.17, 15) is 13.2 Å². The van der Waals surface area contributed by atoms with Gasteiger partial charge in [-0.1, -0.05) is 25.1 Å². The maximum absolute atomic E-state index is 12.8. The fourth-order valence-electron chi connectivity index (χ4n) is 2.94. The molecule has 1 N–H and O–H groups in total. The zero-order valence-electron chi connectivity index (χ0n) is 15.6. The van der Waals surface area contributed by atoms with Crippen molar-refractivity contribution in [3.05, 3.63) is 59.2 Å². The summed E-state index contributed by atoms with van der Waals surface area (Å²) in [5.41, 5.74) is 1.36. The van der Waals surface area contributed by atoms with E-state index >= 15 is 0 Å². The lowest BCUT2D eigenvalue weighted by molar-refractivity contribution is -0.137. The van der Waals surface area contributed by atoms with Crippen LogP contribution >= 0.6 is 11.3 Å². The van der Waals surface area contributed by atoms with Gasteiger partial charge in [-0.05, 0) is 35.6 Å². The molecule has 0 aliphatic rings. The predicted molar refractivity (Wildman–Crippen MR) is 108 cm³/mol. The molecular formula is C20H18F3N5S. The molecule has 9 heteroatoms. The second-order valence-electron chi connectivity index (χ2n) is 6.54. The van der Waals surface area contributed by atoms with Crippen molar-refractivity contribution in [3.8, 4) is 10.7 Å². The minimum atomic E-state index is -4.34. The summed E-state index contributed by atoms with van der Waals surface area (Å²) in [6, 6.07) is 9.03. The third kappa shape index (κ3) is 4.09. The van der Waals surface area contributed by atoms with Crippen molar-refractivity contribution >= 4 is 28.3 Å². The molecule has 3 heterocycles. The molecule has 0 atom stereocenters. The molecule has 150 valence electrons. The normalized spacial score (nSPS) is 11.9. The number of hydrogen-bond donors (Lipinski definition) is 1. The van der Waals surface area contributed by atoms with Crippen molar-refractivity contribution in [3.63, 3.8) is 0 Å². The fraction of sp³-hybridized carbons (Fsp3) is 0.250. The molecule has 0 saturated carbocycles. The molecule has 0 spiro atoms. The first-order chi connectivity index (χ1) is 14.0. The lowest BCUT2D eigenvalue weighted by atomic mass is 10.1. The predicted octanol–water partition coefficient (Wildman–Crippen LogP) is 5.44. The number of fused-ring (bicyclic) bond motifs is 1. The second-order valence-corrected chi connectivity index (χ2v) is 7.49. The van der Waals surface area contributed by atoms with Crippen LogP contribution in [0.15, 0.2) is 48.1 Å². The number of nitrogens with one attached hydrogen (secondary N) is 1. The number of alkyl halides is 3. The lowest BCUT2D eigenvalue weighted by Crippen LogP contribution is -2.07. The van der Waals surface area contributed by atoms with Gasteiger partial charge in [-0.15, -0.1) is 11.3 Å². The molecular weight excluding hydrogens is 399 g/mol. The quantitative estimate of drug-likeness (QED) is 0.454. The minimum Gasteiger partial charge on any atom is -0.368 e. The zero-order valence-corrected chi connectivity index (χ0v) is 16.4. The zero-order chi connectivity index (χ0) is 20.4. The van der Waals surface area contributed by atoms with Gasteiger partial charge in [-0.25, -0.2) is 15.0 Å². The van der Waals surface area contributed by atoms with Crippen LogP contribution in [0.4, 0.5) is 19.0 Å². The Labute approximate surface area is 169 Å². The molecule has 5 nitrogen and oxygen atoms in total. The average Bonchev–Trinajstić information content (AvgIpc) is 3.36. The molecule has 0 amide bonds. The van der Waals surface area contributed by atoms with Gasteiger partial charge in [-0.2, -0.15) is 13.2 Å². The highest BCUT2D eigenvalue weighted by atomic mass is 32.1. The number of thiophene rings is 1.